The zero-order chi connectivity index (χ0) is 20.2. The number of carboxylic acids is 1. The van der Waals surface area contributed by atoms with E-state index in [4.69, 9.17) is 0 Å². The van der Waals surface area contributed by atoms with Gasteiger partial charge in [0.05, 0.1) is 22.6 Å². The van der Waals surface area contributed by atoms with E-state index in [1.165, 1.54) is 23.5 Å². The van der Waals surface area contributed by atoms with Crippen LogP contribution in [0.3, 0.4) is 0 Å². The molecule has 0 radical (unpaired) electrons. The highest BCUT2D eigenvalue weighted by atomic mass is 32.1. The third-order valence-corrected chi connectivity index (χ3v) is 5.52. The highest BCUT2D eigenvalue weighted by Crippen LogP contribution is 2.28. The van der Waals surface area contributed by atoms with Gasteiger partial charge in [-0.25, -0.2) is 4.98 Å². The van der Waals surface area contributed by atoms with Crippen LogP contribution < -0.4 is 10.4 Å². The van der Waals surface area contributed by atoms with Crippen LogP contribution in [-0.2, 0) is 17.8 Å². The van der Waals surface area contributed by atoms with E-state index < -0.39 is 5.97 Å². The van der Waals surface area contributed by atoms with Crippen LogP contribution in [0.4, 0.5) is 0 Å². The molecule has 3 aromatic carbocycles. The summed E-state index contributed by atoms with van der Waals surface area (Å²) in [5.74, 6) is -1.39. The number of nitrogens with one attached hydrogen (secondary N) is 1. The van der Waals surface area contributed by atoms with E-state index in [0.29, 0.717) is 5.56 Å². The summed E-state index contributed by atoms with van der Waals surface area (Å²) in [6, 6.07) is 22.6. The molecule has 5 nitrogen and oxygen atoms in total. The van der Waals surface area contributed by atoms with E-state index in [9.17, 15) is 14.7 Å². The summed E-state index contributed by atoms with van der Waals surface area (Å²) >= 11 is 1.50. The first-order chi connectivity index (χ1) is 14.1. The smallest absolute Gasteiger partial charge is 0.227 e. The van der Waals surface area contributed by atoms with E-state index in [2.05, 4.69) is 28.5 Å². The Labute approximate surface area is 171 Å². The van der Waals surface area contributed by atoms with Crippen molar-refractivity contribution < 1.29 is 14.7 Å². The molecule has 0 aliphatic rings. The number of carboxylic acid groups (broad SMARTS) is 1. The fraction of sp³-hybridized carbons (Fsp3) is 0.0870. The Kier molecular flexibility index (Phi) is 5.35. The number of rotatable bonds is 6. The van der Waals surface area contributed by atoms with Crippen molar-refractivity contribution in [1.29, 1.82) is 0 Å². The molecule has 0 aliphatic carbocycles. The highest BCUT2D eigenvalue weighted by Gasteiger charge is 2.10. The largest absolute Gasteiger partial charge is 0.545 e. The van der Waals surface area contributed by atoms with Crippen LogP contribution in [0, 0.1) is 0 Å². The van der Waals surface area contributed by atoms with Crippen molar-refractivity contribution in [3.8, 4) is 11.1 Å². The van der Waals surface area contributed by atoms with Gasteiger partial charge in [-0.1, -0.05) is 54.6 Å². The first-order valence-corrected chi connectivity index (χ1v) is 9.92. The van der Waals surface area contributed by atoms with Crippen molar-refractivity contribution in [3.63, 3.8) is 0 Å². The number of amides is 1. The number of hydrogen-bond acceptors (Lipinski definition) is 5. The molecule has 1 aromatic heterocycles. The third-order valence-electron chi connectivity index (χ3n) is 4.50. The summed E-state index contributed by atoms with van der Waals surface area (Å²) in [5.41, 5.74) is 3.93. The summed E-state index contributed by atoms with van der Waals surface area (Å²) in [6.45, 7) is 0.253. The SMILES string of the molecule is O=C(Cc1nc2ccc(-c3ccccc3)cc2s1)NCc1cccc(C(=O)[O-])c1. The van der Waals surface area contributed by atoms with Crippen molar-refractivity contribution in [3.05, 3.63) is 88.9 Å². The molecule has 0 saturated carbocycles. The molecule has 0 bridgehead atoms. The number of aromatic nitrogens is 1. The maximum absolute atomic E-state index is 12.3. The van der Waals surface area contributed by atoms with Gasteiger partial charge >= 0.3 is 0 Å². The average Bonchev–Trinajstić information content (AvgIpc) is 3.14. The Morgan fingerprint density at radius 2 is 1.76 bits per heavy atom. The van der Waals surface area contributed by atoms with Crippen LogP contribution in [0.15, 0.2) is 72.8 Å². The Morgan fingerprint density at radius 3 is 2.55 bits per heavy atom. The maximum Gasteiger partial charge on any atom is 0.227 e. The summed E-state index contributed by atoms with van der Waals surface area (Å²) in [4.78, 5) is 27.8. The summed E-state index contributed by atoms with van der Waals surface area (Å²) < 4.78 is 1.04. The first kappa shape index (κ1) is 18.8. The minimum Gasteiger partial charge on any atom is -0.545 e. The number of carbonyl (C=O) groups excluding carboxylic acids is 2. The molecule has 0 spiro atoms. The van der Waals surface area contributed by atoms with Crippen LogP contribution in [0.2, 0.25) is 0 Å². The van der Waals surface area contributed by atoms with Crippen molar-refractivity contribution in [1.82, 2.24) is 10.3 Å². The van der Waals surface area contributed by atoms with E-state index in [-0.39, 0.29) is 24.4 Å². The maximum atomic E-state index is 12.3. The predicted octanol–water partition coefficient (Wildman–Crippen LogP) is 3.19. The van der Waals surface area contributed by atoms with Crippen molar-refractivity contribution in [2.24, 2.45) is 0 Å². The van der Waals surface area contributed by atoms with Gasteiger partial charge in [-0.15, -0.1) is 11.3 Å². The molecule has 0 fully saturated rings. The Bertz CT molecular complexity index is 1190. The van der Waals surface area contributed by atoms with Crippen LogP contribution in [-0.4, -0.2) is 16.9 Å². The molecule has 4 aromatic rings. The van der Waals surface area contributed by atoms with Crippen molar-refractivity contribution >= 4 is 33.4 Å². The number of benzene rings is 3. The highest BCUT2D eigenvalue weighted by molar-refractivity contribution is 7.18. The normalized spacial score (nSPS) is 10.8. The summed E-state index contributed by atoms with van der Waals surface area (Å²) in [6.07, 6.45) is 0.181. The second kappa shape index (κ2) is 8.24. The number of fused-ring (bicyclic) bond motifs is 1. The molecule has 0 atom stereocenters. The minimum atomic E-state index is -1.23. The Hall–Kier alpha value is -3.51. The minimum absolute atomic E-state index is 0.0946. The zero-order valence-corrected chi connectivity index (χ0v) is 16.2. The fourth-order valence-corrected chi connectivity index (χ4v) is 4.07. The van der Waals surface area contributed by atoms with E-state index >= 15 is 0 Å². The molecular weight excluding hydrogens is 384 g/mol. The number of carbonyl (C=O) groups is 2. The lowest BCUT2D eigenvalue weighted by molar-refractivity contribution is -0.255. The summed E-state index contributed by atoms with van der Waals surface area (Å²) in [7, 11) is 0. The molecule has 0 saturated heterocycles. The van der Waals surface area contributed by atoms with E-state index in [0.717, 1.165) is 26.4 Å². The van der Waals surface area contributed by atoms with Gasteiger partial charge in [-0.05, 0) is 40.5 Å². The topological polar surface area (TPSA) is 82.1 Å². The van der Waals surface area contributed by atoms with Crippen LogP contribution in [0.5, 0.6) is 0 Å². The molecule has 1 heterocycles. The quantitative estimate of drug-likeness (QED) is 0.538. The van der Waals surface area contributed by atoms with Crippen LogP contribution >= 0.6 is 11.3 Å². The third kappa shape index (κ3) is 4.50. The lowest BCUT2D eigenvalue weighted by Crippen LogP contribution is -2.25. The van der Waals surface area contributed by atoms with Crippen molar-refractivity contribution in [2.75, 3.05) is 0 Å². The number of aromatic carboxylic acids is 1. The Morgan fingerprint density at radius 1 is 0.931 bits per heavy atom. The average molecular weight is 401 g/mol. The van der Waals surface area contributed by atoms with Gasteiger partial charge in [-0.3, -0.25) is 4.79 Å². The van der Waals surface area contributed by atoms with Gasteiger partial charge in [0.1, 0.15) is 5.01 Å². The van der Waals surface area contributed by atoms with E-state index in [1.807, 2.05) is 30.3 Å². The molecule has 0 unspecified atom stereocenters. The second-order valence-electron chi connectivity index (χ2n) is 6.60. The molecule has 4 rings (SSSR count). The zero-order valence-electron chi connectivity index (χ0n) is 15.4. The number of nitrogens with zero attached hydrogens (tertiary/aromatic N) is 1. The van der Waals surface area contributed by atoms with Crippen molar-refractivity contribution in [2.45, 2.75) is 13.0 Å². The predicted molar refractivity (Wildman–Crippen MR) is 111 cm³/mol. The molecule has 1 N–H and O–H groups in total. The number of thiazole rings is 1. The van der Waals surface area contributed by atoms with Gasteiger partial charge in [0.15, 0.2) is 0 Å². The van der Waals surface area contributed by atoms with Crippen LogP contribution in [0.1, 0.15) is 20.9 Å². The molecule has 0 aliphatic heterocycles. The fourth-order valence-electron chi connectivity index (χ4n) is 3.07. The van der Waals surface area contributed by atoms with E-state index in [1.54, 1.807) is 12.1 Å². The Balaban J connectivity index is 1.43. The van der Waals surface area contributed by atoms with Gasteiger partial charge in [0, 0.05) is 6.54 Å². The lowest BCUT2D eigenvalue weighted by atomic mass is 10.1. The summed E-state index contributed by atoms with van der Waals surface area (Å²) in [5, 5.41) is 14.5. The van der Waals surface area contributed by atoms with Gasteiger partial charge in [0.25, 0.3) is 0 Å². The lowest BCUT2D eigenvalue weighted by Gasteiger charge is -2.07. The molecule has 6 heteroatoms. The second-order valence-corrected chi connectivity index (χ2v) is 7.71. The van der Waals surface area contributed by atoms with Gasteiger partial charge in [-0.2, -0.15) is 0 Å². The van der Waals surface area contributed by atoms with Gasteiger partial charge < -0.3 is 15.2 Å². The molecule has 29 heavy (non-hydrogen) atoms. The standard InChI is InChI=1S/C23H18N2O3S/c26-21(24-14-15-5-4-8-18(11-15)23(27)28)13-22-25-19-10-9-17(12-20(19)29-22)16-6-2-1-3-7-16/h1-12H,13-14H2,(H,24,26)(H,27,28)/p-1. The monoisotopic (exact) mass is 401 g/mol. The molecular formula is C23H17N2O3S-. The van der Waals surface area contributed by atoms with Gasteiger partial charge in [0.2, 0.25) is 5.91 Å². The molecule has 144 valence electrons. The molecule has 1 amide bonds. The van der Waals surface area contributed by atoms with Crippen LogP contribution in [0.25, 0.3) is 21.3 Å². The first-order valence-electron chi connectivity index (χ1n) is 9.10. The number of hydrogen-bond donors (Lipinski definition) is 1.